The molecule has 9 heteroatoms. The number of Topliss-reactive ketones (excluding diaryl/α,β-unsaturated/α-hetero) is 1. The van der Waals surface area contributed by atoms with Gasteiger partial charge in [0.2, 0.25) is 5.78 Å². The number of ketones is 2. The van der Waals surface area contributed by atoms with Crippen LogP contribution in [0.1, 0.15) is 92.4 Å². The summed E-state index contributed by atoms with van der Waals surface area (Å²) in [4.78, 5) is 61.6. The predicted molar refractivity (Wildman–Crippen MR) is 139 cm³/mol. The lowest BCUT2D eigenvalue weighted by atomic mass is 9.45. The second kappa shape index (κ2) is 10.1. The second-order valence-electron chi connectivity index (χ2n) is 13.6. The number of hydrogen-bond acceptors (Lipinski definition) is 8. The maximum atomic E-state index is 13.4. The van der Waals surface area contributed by atoms with Crippen LogP contribution in [0.15, 0.2) is 11.6 Å². The van der Waals surface area contributed by atoms with Gasteiger partial charge in [0.25, 0.3) is 0 Å². The molecule has 0 amide bonds. The van der Waals surface area contributed by atoms with Gasteiger partial charge in [-0.15, -0.1) is 0 Å². The summed E-state index contributed by atoms with van der Waals surface area (Å²) in [6.45, 7) is 8.81. The van der Waals surface area contributed by atoms with Crippen molar-refractivity contribution in [3.8, 4) is 0 Å². The minimum Gasteiger partial charge on any atom is -0.481 e. The Morgan fingerprint density at radius 2 is 1.74 bits per heavy atom. The van der Waals surface area contributed by atoms with Crippen molar-refractivity contribution in [1.82, 2.24) is 0 Å². The number of carbonyl (C=O) groups is 5. The molecule has 0 heterocycles. The van der Waals surface area contributed by atoms with E-state index in [2.05, 4.69) is 6.92 Å². The van der Waals surface area contributed by atoms with Crippen LogP contribution in [-0.4, -0.2) is 58.0 Å². The molecule has 0 spiro atoms. The van der Waals surface area contributed by atoms with Crippen LogP contribution in [0.2, 0.25) is 0 Å². The largest absolute Gasteiger partial charge is 0.481 e. The van der Waals surface area contributed by atoms with Gasteiger partial charge in [-0.25, -0.2) is 0 Å². The number of aliphatic carboxylic acids is 1. The normalized spacial score (nSPS) is 37.6. The zero-order valence-electron chi connectivity index (χ0n) is 23.7. The van der Waals surface area contributed by atoms with E-state index >= 15 is 0 Å². The minimum absolute atomic E-state index is 0.0141. The molecule has 7 atom stereocenters. The van der Waals surface area contributed by atoms with Crippen LogP contribution < -0.4 is 0 Å². The van der Waals surface area contributed by atoms with Crippen LogP contribution in [0.5, 0.6) is 0 Å². The Morgan fingerprint density at radius 1 is 1.05 bits per heavy atom. The quantitative estimate of drug-likeness (QED) is 0.456. The Labute approximate surface area is 229 Å². The average molecular weight is 547 g/mol. The molecule has 39 heavy (non-hydrogen) atoms. The van der Waals surface area contributed by atoms with Crippen molar-refractivity contribution in [2.75, 3.05) is 6.61 Å². The third kappa shape index (κ3) is 5.07. The number of aliphatic hydroxyl groups is 1. The molecule has 3 saturated carbocycles. The highest BCUT2D eigenvalue weighted by molar-refractivity contribution is 5.92. The van der Waals surface area contributed by atoms with Crippen LogP contribution in [0.4, 0.5) is 0 Å². The van der Waals surface area contributed by atoms with Crippen molar-refractivity contribution >= 4 is 29.5 Å². The number of fused-ring (bicyclic) bond motifs is 5. The molecule has 216 valence electrons. The van der Waals surface area contributed by atoms with Crippen LogP contribution >= 0.6 is 0 Å². The molecule has 4 aliphatic carbocycles. The third-order valence-corrected chi connectivity index (χ3v) is 10.3. The highest BCUT2D eigenvalue weighted by atomic mass is 16.5. The van der Waals surface area contributed by atoms with E-state index in [1.54, 1.807) is 26.8 Å². The van der Waals surface area contributed by atoms with Gasteiger partial charge in [-0.1, -0.05) is 19.4 Å². The molecule has 4 rings (SSSR count). The average Bonchev–Trinajstić information content (AvgIpc) is 3.12. The Bertz CT molecular complexity index is 1100. The molecule has 0 aliphatic heterocycles. The van der Waals surface area contributed by atoms with Crippen molar-refractivity contribution in [3.05, 3.63) is 11.6 Å². The van der Waals surface area contributed by atoms with Gasteiger partial charge < -0.3 is 19.7 Å². The number of ether oxygens (including phenoxy) is 2. The van der Waals surface area contributed by atoms with Gasteiger partial charge in [-0.3, -0.25) is 24.0 Å². The van der Waals surface area contributed by atoms with E-state index in [1.807, 2.05) is 6.92 Å². The van der Waals surface area contributed by atoms with Crippen molar-refractivity contribution in [1.29, 1.82) is 0 Å². The van der Waals surface area contributed by atoms with E-state index in [0.717, 1.165) is 18.4 Å². The first-order valence-electron chi connectivity index (χ1n) is 14.1. The molecule has 0 aromatic rings. The van der Waals surface area contributed by atoms with Crippen molar-refractivity contribution < 1.29 is 43.7 Å². The molecule has 0 aromatic carbocycles. The van der Waals surface area contributed by atoms with Gasteiger partial charge in [0, 0.05) is 17.8 Å². The standard InChI is InChI=1S/C30H42O9/c1-27(2,3)26(36)39-21-15-29(5)20(19-7-6-17-14-18(31)10-12-28(17,4)25(19)21)11-13-30(29,37)22(32)16-38-24(35)9-8-23(33)34/h14,19-21,25,37H,6-13,15-16H2,1-5H3,(H,33,34)/t19-,20-,21?,25+,28-,29-,30-/m0/s1. The van der Waals surface area contributed by atoms with Gasteiger partial charge in [0.05, 0.1) is 18.3 Å². The summed E-state index contributed by atoms with van der Waals surface area (Å²) in [6, 6.07) is 0. The first-order chi connectivity index (χ1) is 18.0. The van der Waals surface area contributed by atoms with Crippen LogP contribution in [0, 0.1) is 34.0 Å². The number of allylic oxidation sites excluding steroid dienone is 1. The van der Waals surface area contributed by atoms with E-state index in [-0.39, 0.29) is 54.2 Å². The van der Waals surface area contributed by atoms with Gasteiger partial charge in [-0.05, 0) is 82.6 Å². The molecule has 3 fully saturated rings. The summed E-state index contributed by atoms with van der Waals surface area (Å²) in [5.41, 5.74) is -2.63. The second-order valence-corrected chi connectivity index (χ2v) is 13.6. The molecule has 1 unspecified atom stereocenters. The van der Waals surface area contributed by atoms with E-state index < -0.39 is 53.3 Å². The highest BCUT2D eigenvalue weighted by Crippen LogP contribution is 2.68. The van der Waals surface area contributed by atoms with Crippen molar-refractivity contribution in [2.24, 2.45) is 34.0 Å². The zero-order valence-corrected chi connectivity index (χ0v) is 23.7. The maximum Gasteiger partial charge on any atom is 0.311 e. The lowest BCUT2D eigenvalue weighted by Crippen LogP contribution is -2.63. The van der Waals surface area contributed by atoms with Crippen LogP contribution in [-0.2, 0) is 33.4 Å². The third-order valence-electron chi connectivity index (χ3n) is 10.3. The molecule has 0 aromatic heterocycles. The molecular weight excluding hydrogens is 504 g/mol. The Balaban J connectivity index is 1.65. The first-order valence-corrected chi connectivity index (χ1v) is 14.1. The molecular formula is C30H42O9. The number of carboxylic acids is 1. The lowest BCUT2D eigenvalue weighted by molar-refractivity contribution is -0.201. The Morgan fingerprint density at radius 3 is 2.38 bits per heavy atom. The first kappa shape index (κ1) is 29.4. The zero-order chi connectivity index (χ0) is 29.0. The molecule has 0 radical (unpaired) electrons. The summed E-state index contributed by atoms with van der Waals surface area (Å²) < 4.78 is 11.3. The monoisotopic (exact) mass is 546 g/mol. The Kier molecular flexibility index (Phi) is 7.64. The maximum absolute atomic E-state index is 13.4. The smallest absolute Gasteiger partial charge is 0.311 e. The molecule has 2 N–H and O–H groups in total. The molecule has 4 aliphatic rings. The molecule has 9 nitrogen and oxygen atoms in total. The summed E-state index contributed by atoms with van der Waals surface area (Å²) >= 11 is 0. The summed E-state index contributed by atoms with van der Waals surface area (Å²) in [5, 5.41) is 20.7. The number of carboxylic acid groups (broad SMARTS) is 1. The topological polar surface area (TPSA) is 144 Å². The fourth-order valence-corrected chi connectivity index (χ4v) is 8.09. The van der Waals surface area contributed by atoms with Crippen LogP contribution in [0.3, 0.4) is 0 Å². The van der Waals surface area contributed by atoms with E-state index in [0.29, 0.717) is 19.3 Å². The van der Waals surface area contributed by atoms with Gasteiger partial charge in [0.15, 0.2) is 12.4 Å². The summed E-state index contributed by atoms with van der Waals surface area (Å²) in [6.07, 6.45) is 4.23. The summed E-state index contributed by atoms with van der Waals surface area (Å²) in [7, 11) is 0. The summed E-state index contributed by atoms with van der Waals surface area (Å²) in [5.74, 6) is -2.75. The predicted octanol–water partition coefficient (Wildman–Crippen LogP) is 3.79. The minimum atomic E-state index is -1.78. The van der Waals surface area contributed by atoms with Gasteiger partial charge in [-0.2, -0.15) is 0 Å². The van der Waals surface area contributed by atoms with E-state index in [1.165, 1.54) is 0 Å². The van der Waals surface area contributed by atoms with E-state index in [9.17, 15) is 29.1 Å². The number of carbonyl (C=O) groups excluding carboxylic acids is 4. The SMILES string of the molecule is CC(C)(C)C(=O)OC1C[C@@]2(C)[C@@H](CC[C@]2(O)C(=O)COC(=O)CCC(=O)O)[C@@H]2CCC3=CC(=O)CC[C@]3(C)[C@@H]12. The lowest BCUT2D eigenvalue weighted by Gasteiger charge is -2.61. The van der Waals surface area contributed by atoms with Crippen molar-refractivity contribution in [3.63, 3.8) is 0 Å². The van der Waals surface area contributed by atoms with Crippen molar-refractivity contribution in [2.45, 2.75) is 104 Å². The van der Waals surface area contributed by atoms with Gasteiger partial charge in [0.1, 0.15) is 11.7 Å². The molecule has 0 bridgehead atoms. The fraction of sp³-hybridized carbons (Fsp3) is 0.767. The number of rotatable bonds is 7. The Hall–Kier alpha value is -2.55. The van der Waals surface area contributed by atoms with Crippen LogP contribution in [0.25, 0.3) is 0 Å². The highest BCUT2D eigenvalue weighted by Gasteiger charge is 2.69. The van der Waals surface area contributed by atoms with Gasteiger partial charge >= 0.3 is 17.9 Å². The fourth-order valence-electron chi connectivity index (χ4n) is 8.09. The van der Waals surface area contributed by atoms with E-state index in [4.69, 9.17) is 14.6 Å². The molecule has 0 saturated heterocycles. The number of hydrogen-bond donors (Lipinski definition) is 2. The number of esters is 2.